The number of nitrogens with zero attached hydrogens (tertiary/aromatic N) is 2. The smallest absolute Gasteiger partial charge is 0.251 e. The van der Waals surface area contributed by atoms with Crippen molar-refractivity contribution in [3.63, 3.8) is 0 Å². The zero-order valence-corrected chi connectivity index (χ0v) is 20.0. The van der Waals surface area contributed by atoms with Crippen LogP contribution in [0.2, 0.25) is 0 Å². The highest BCUT2D eigenvalue weighted by molar-refractivity contribution is 6.09. The van der Waals surface area contributed by atoms with Crippen LogP contribution in [0.25, 0.3) is 0 Å². The van der Waals surface area contributed by atoms with Crippen LogP contribution in [0.1, 0.15) is 45.6 Å². The van der Waals surface area contributed by atoms with E-state index in [0.29, 0.717) is 37.2 Å². The molecule has 2 aromatic rings. The summed E-state index contributed by atoms with van der Waals surface area (Å²) < 4.78 is 0. The number of carbonyl (C=O) groups is 3. The molecule has 0 saturated heterocycles. The Morgan fingerprint density at radius 3 is 2.53 bits per heavy atom. The molecule has 1 aliphatic heterocycles. The van der Waals surface area contributed by atoms with Gasteiger partial charge in [-0.2, -0.15) is 0 Å². The van der Waals surface area contributed by atoms with Crippen molar-refractivity contribution in [1.82, 2.24) is 10.3 Å². The lowest BCUT2D eigenvalue weighted by Gasteiger charge is -2.31. The SMILES string of the molecule is CC[C@H](CCCO)C(=O)N[C@H](C(=O)N1c2ncccc2C[C@H]1C(=O)Nc1ccccc1)C(C)C. The highest BCUT2D eigenvalue weighted by Crippen LogP contribution is 2.32. The van der Waals surface area contributed by atoms with E-state index >= 15 is 0 Å². The highest BCUT2D eigenvalue weighted by atomic mass is 16.3. The van der Waals surface area contributed by atoms with Crippen molar-refractivity contribution in [2.24, 2.45) is 11.8 Å². The molecular weight excluding hydrogens is 432 g/mol. The molecule has 0 saturated carbocycles. The van der Waals surface area contributed by atoms with Crippen molar-refractivity contribution in [1.29, 1.82) is 0 Å². The Bertz CT molecular complexity index is 995. The number of carbonyl (C=O) groups excluding carboxylic acids is 3. The van der Waals surface area contributed by atoms with Crippen molar-refractivity contribution in [2.45, 2.75) is 58.5 Å². The second-order valence-electron chi connectivity index (χ2n) is 8.97. The van der Waals surface area contributed by atoms with E-state index in [2.05, 4.69) is 15.6 Å². The molecule has 3 atom stereocenters. The van der Waals surface area contributed by atoms with Crippen molar-refractivity contribution >= 4 is 29.2 Å². The number of hydrogen-bond acceptors (Lipinski definition) is 5. The average molecular weight is 467 g/mol. The molecule has 0 bridgehead atoms. The minimum Gasteiger partial charge on any atom is -0.396 e. The number of fused-ring (bicyclic) bond motifs is 1. The van der Waals surface area contributed by atoms with Gasteiger partial charge in [0, 0.05) is 30.8 Å². The number of benzene rings is 1. The first-order valence-electron chi connectivity index (χ1n) is 11.9. The minimum atomic E-state index is -0.810. The second-order valence-corrected chi connectivity index (χ2v) is 8.97. The van der Waals surface area contributed by atoms with Gasteiger partial charge < -0.3 is 15.7 Å². The topological polar surface area (TPSA) is 112 Å². The summed E-state index contributed by atoms with van der Waals surface area (Å²) >= 11 is 0. The number of nitrogens with one attached hydrogen (secondary N) is 2. The van der Waals surface area contributed by atoms with Crippen LogP contribution in [-0.2, 0) is 20.8 Å². The van der Waals surface area contributed by atoms with Crippen molar-refractivity contribution in [2.75, 3.05) is 16.8 Å². The molecule has 2 heterocycles. The minimum absolute atomic E-state index is 0.0186. The predicted octanol–water partition coefficient (Wildman–Crippen LogP) is 2.92. The van der Waals surface area contributed by atoms with Gasteiger partial charge in [0.2, 0.25) is 11.8 Å². The normalized spacial score (nSPS) is 16.6. The van der Waals surface area contributed by atoms with Crippen LogP contribution in [0.4, 0.5) is 11.5 Å². The first-order chi connectivity index (χ1) is 16.4. The Labute approximate surface area is 200 Å². The Kier molecular flexibility index (Phi) is 8.76. The van der Waals surface area contributed by atoms with E-state index in [0.717, 1.165) is 5.56 Å². The lowest BCUT2D eigenvalue weighted by Crippen LogP contribution is -2.56. The molecule has 8 nitrogen and oxygen atoms in total. The molecular formula is C26H34N4O4. The molecule has 1 aromatic heterocycles. The summed E-state index contributed by atoms with van der Waals surface area (Å²) in [7, 11) is 0. The predicted molar refractivity (Wildman–Crippen MR) is 131 cm³/mol. The van der Waals surface area contributed by atoms with Gasteiger partial charge in [0.15, 0.2) is 0 Å². The third-order valence-electron chi connectivity index (χ3n) is 6.21. The molecule has 3 rings (SSSR count). The average Bonchev–Trinajstić information content (AvgIpc) is 3.23. The quantitative estimate of drug-likeness (QED) is 0.499. The monoisotopic (exact) mass is 466 g/mol. The van der Waals surface area contributed by atoms with Crippen molar-refractivity contribution < 1.29 is 19.5 Å². The van der Waals surface area contributed by atoms with Crippen molar-refractivity contribution in [3.05, 3.63) is 54.2 Å². The van der Waals surface area contributed by atoms with E-state index in [1.54, 1.807) is 24.4 Å². The van der Waals surface area contributed by atoms with Crippen LogP contribution in [-0.4, -0.2) is 46.5 Å². The number of hydrogen-bond donors (Lipinski definition) is 3. The number of anilines is 2. The highest BCUT2D eigenvalue weighted by Gasteiger charge is 2.43. The van der Waals surface area contributed by atoms with Crippen LogP contribution in [0.15, 0.2) is 48.7 Å². The fraction of sp³-hybridized carbons (Fsp3) is 0.462. The number of aliphatic hydroxyl groups excluding tert-OH is 1. The molecule has 0 unspecified atom stereocenters. The fourth-order valence-corrected chi connectivity index (χ4v) is 4.26. The van der Waals surface area contributed by atoms with E-state index in [1.807, 2.05) is 45.0 Å². The molecule has 8 heteroatoms. The summed E-state index contributed by atoms with van der Waals surface area (Å²) in [5.41, 5.74) is 1.46. The fourth-order valence-electron chi connectivity index (χ4n) is 4.26. The second kappa shape index (κ2) is 11.7. The molecule has 3 amide bonds. The van der Waals surface area contributed by atoms with E-state index in [9.17, 15) is 14.4 Å². The number of pyridine rings is 1. The molecule has 0 fully saturated rings. The van der Waals surface area contributed by atoms with Gasteiger partial charge in [0.05, 0.1) is 0 Å². The molecule has 0 spiro atoms. The van der Waals surface area contributed by atoms with Gasteiger partial charge in [-0.15, -0.1) is 0 Å². The lowest BCUT2D eigenvalue weighted by atomic mass is 9.96. The molecule has 1 aromatic carbocycles. The van der Waals surface area contributed by atoms with Crippen LogP contribution < -0.4 is 15.5 Å². The number of rotatable bonds is 10. The molecule has 0 aliphatic carbocycles. The summed E-state index contributed by atoms with van der Waals surface area (Å²) in [4.78, 5) is 45.9. The van der Waals surface area contributed by atoms with Crippen LogP contribution in [0.5, 0.6) is 0 Å². The molecule has 34 heavy (non-hydrogen) atoms. The Morgan fingerprint density at radius 2 is 1.88 bits per heavy atom. The maximum absolute atomic E-state index is 13.8. The number of aromatic nitrogens is 1. The van der Waals surface area contributed by atoms with E-state index in [1.165, 1.54) is 4.90 Å². The van der Waals surface area contributed by atoms with Gasteiger partial charge >= 0.3 is 0 Å². The number of amides is 3. The van der Waals surface area contributed by atoms with Crippen molar-refractivity contribution in [3.8, 4) is 0 Å². The lowest BCUT2D eigenvalue weighted by molar-refractivity contribution is -0.131. The number of aliphatic hydroxyl groups is 1. The Hall–Kier alpha value is -3.26. The molecule has 3 N–H and O–H groups in total. The van der Waals surface area contributed by atoms with Gasteiger partial charge in [-0.1, -0.05) is 45.0 Å². The molecule has 0 radical (unpaired) electrons. The van der Waals surface area contributed by atoms with Crippen LogP contribution in [0.3, 0.4) is 0 Å². The summed E-state index contributed by atoms with van der Waals surface area (Å²) in [6, 6.07) is 11.2. The van der Waals surface area contributed by atoms with E-state index in [-0.39, 0.29) is 36.2 Å². The van der Waals surface area contributed by atoms with Crippen LogP contribution >= 0.6 is 0 Å². The molecule has 182 valence electrons. The summed E-state index contributed by atoms with van der Waals surface area (Å²) in [5, 5.41) is 15.0. The van der Waals surface area contributed by atoms with Gasteiger partial charge in [0.1, 0.15) is 17.9 Å². The maximum Gasteiger partial charge on any atom is 0.251 e. The number of para-hydroxylation sites is 1. The zero-order chi connectivity index (χ0) is 24.7. The van der Waals surface area contributed by atoms with Gasteiger partial charge in [-0.3, -0.25) is 19.3 Å². The largest absolute Gasteiger partial charge is 0.396 e. The standard InChI is InChI=1S/C26H34N4O4/c1-4-18(11-9-15-31)24(32)29-22(17(2)3)26(34)30-21(16-19-10-8-14-27-23(19)30)25(33)28-20-12-6-5-7-13-20/h5-8,10,12-14,17-18,21-22,31H,4,9,11,15-16H2,1-3H3,(H,28,33)(H,29,32)/t18-,21+,22+/m1/s1. The summed E-state index contributed by atoms with van der Waals surface area (Å²) in [6.07, 6.45) is 3.63. The zero-order valence-electron chi connectivity index (χ0n) is 20.0. The van der Waals surface area contributed by atoms with Gasteiger partial charge in [0.25, 0.3) is 5.91 Å². The summed E-state index contributed by atoms with van der Waals surface area (Å²) in [6.45, 7) is 5.67. The Balaban J connectivity index is 1.86. The third kappa shape index (κ3) is 5.80. The van der Waals surface area contributed by atoms with Gasteiger partial charge in [-0.05, 0) is 48.9 Å². The van der Waals surface area contributed by atoms with E-state index in [4.69, 9.17) is 5.11 Å². The first kappa shape index (κ1) is 25.4. The Morgan fingerprint density at radius 1 is 1.15 bits per heavy atom. The third-order valence-corrected chi connectivity index (χ3v) is 6.21. The first-order valence-corrected chi connectivity index (χ1v) is 11.9. The maximum atomic E-state index is 13.8. The van der Waals surface area contributed by atoms with E-state index < -0.39 is 12.1 Å². The van der Waals surface area contributed by atoms with Gasteiger partial charge in [-0.25, -0.2) is 4.98 Å². The summed E-state index contributed by atoms with van der Waals surface area (Å²) in [5.74, 6) is -0.909. The molecule has 1 aliphatic rings. The van der Waals surface area contributed by atoms with Crippen LogP contribution in [0, 0.1) is 11.8 Å².